The first-order valence-electron chi connectivity index (χ1n) is 6.59. The minimum absolute atomic E-state index is 0.222. The van der Waals surface area contributed by atoms with Crippen LogP contribution >= 0.6 is 0 Å². The summed E-state index contributed by atoms with van der Waals surface area (Å²) in [5.74, 6) is -3.73. The second-order valence-electron chi connectivity index (χ2n) is 4.79. The Bertz CT molecular complexity index is 801. The maximum absolute atomic E-state index is 13.1. The van der Waals surface area contributed by atoms with E-state index in [0.717, 1.165) is 7.11 Å². The van der Waals surface area contributed by atoms with Gasteiger partial charge in [0.15, 0.2) is 0 Å². The number of rotatable bonds is 3. The van der Waals surface area contributed by atoms with Crippen LogP contribution in [-0.4, -0.2) is 24.1 Å². The highest BCUT2D eigenvalue weighted by molar-refractivity contribution is 6.09. The zero-order valence-electron chi connectivity index (χ0n) is 12.3. The van der Waals surface area contributed by atoms with Crippen molar-refractivity contribution >= 4 is 11.9 Å². The highest BCUT2D eigenvalue weighted by atomic mass is 19.4. The summed E-state index contributed by atoms with van der Waals surface area (Å²) in [6.45, 7) is 0. The second kappa shape index (κ2) is 6.23. The Morgan fingerprint density at radius 3 is 2.21 bits per heavy atom. The van der Waals surface area contributed by atoms with Crippen LogP contribution in [0.25, 0.3) is 11.1 Å². The molecule has 0 saturated heterocycles. The SMILES string of the molecule is COC(=O)c1cc(C(F)(F)F)c(O)c(C(N)=O)c1-c1ccccc1. The van der Waals surface area contributed by atoms with Gasteiger partial charge in [0.2, 0.25) is 0 Å². The molecule has 2 aromatic rings. The van der Waals surface area contributed by atoms with Crippen molar-refractivity contribution in [3.05, 3.63) is 53.1 Å². The molecule has 0 aliphatic heterocycles. The van der Waals surface area contributed by atoms with Crippen molar-refractivity contribution < 1.29 is 32.6 Å². The Hall–Kier alpha value is -3.03. The molecule has 3 N–H and O–H groups in total. The van der Waals surface area contributed by atoms with Crippen molar-refractivity contribution in [2.24, 2.45) is 5.73 Å². The van der Waals surface area contributed by atoms with Crippen molar-refractivity contribution in [2.75, 3.05) is 7.11 Å². The van der Waals surface area contributed by atoms with Crippen LogP contribution in [0.1, 0.15) is 26.3 Å². The second-order valence-corrected chi connectivity index (χ2v) is 4.79. The molecule has 0 saturated carbocycles. The highest BCUT2D eigenvalue weighted by Gasteiger charge is 2.39. The normalized spacial score (nSPS) is 11.2. The fourth-order valence-electron chi connectivity index (χ4n) is 2.30. The third kappa shape index (κ3) is 3.03. The van der Waals surface area contributed by atoms with Crippen LogP contribution in [0.15, 0.2) is 36.4 Å². The van der Waals surface area contributed by atoms with Gasteiger partial charge in [0.25, 0.3) is 5.91 Å². The molecule has 126 valence electrons. The molecule has 0 radical (unpaired) electrons. The minimum Gasteiger partial charge on any atom is -0.506 e. The molecular formula is C16H12F3NO4. The summed E-state index contributed by atoms with van der Waals surface area (Å²) in [7, 11) is 0.987. The average Bonchev–Trinajstić information content (AvgIpc) is 2.52. The standard InChI is InChI=1S/C16H12F3NO4/c1-24-15(23)9-7-10(16(17,18)19)13(21)12(14(20)22)11(9)8-5-3-2-4-6-8/h2-7,21H,1H3,(H2,20,22). The van der Waals surface area contributed by atoms with Gasteiger partial charge in [0.1, 0.15) is 5.75 Å². The maximum atomic E-state index is 13.1. The van der Waals surface area contributed by atoms with Gasteiger partial charge in [0.05, 0.1) is 23.8 Å². The third-order valence-electron chi connectivity index (χ3n) is 3.32. The maximum Gasteiger partial charge on any atom is 0.420 e. The third-order valence-corrected chi connectivity index (χ3v) is 3.32. The van der Waals surface area contributed by atoms with E-state index in [1.807, 2.05) is 0 Å². The molecule has 0 fully saturated rings. The van der Waals surface area contributed by atoms with E-state index in [4.69, 9.17) is 5.73 Å². The number of carbonyl (C=O) groups excluding carboxylic acids is 2. The van der Waals surface area contributed by atoms with E-state index in [9.17, 15) is 27.9 Å². The molecule has 8 heteroatoms. The molecule has 2 aromatic carbocycles. The number of aromatic hydroxyl groups is 1. The number of esters is 1. The summed E-state index contributed by atoms with van der Waals surface area (Å²) >= 11 is 0. The molecule has 5 nitrogen and oxygen atoms in total. The first-order chi connectivity index (χ1) is 11.2. The van der Waals surface area contributed by atoms with Gasteiger partial charge in [-0.05, 0) is 11.6 Å². The smallest absolute Gasteiger partial charge is 0.420 e. The number of hydrogen-bond acceptors (Lipinski definition) is 4. The molecule has 1 amide bonds. The largest absolute Gasteiger partial charge is 0.506 e. The lowest BCUT2D eigenvalue weighted by atomic mass is 9.90. The van der Waals surface area contributed by atoms with Gasteiger partial charge in [-0.1, -0.05) is 30.3 Å². The Morgan fingerprint density at radius 1 is 1.17 bits per heavy atom. The van der Waals surface area contributed by atoms with E-state index in [1.54, 1.807) is 18.2 Å². The first-order valence-corrected chi connectivity index (χ1v) is 6.59. The van der Waals surface area contributed by atoms with Gasteiger partial charge >= 0.3 is 12.1 Å². The molecule has 0 aliphatic carbocycles. The summed E-state index contributed by atoms with van der Waals surface area (Å²) in [5.41, 5.74) is 2.30. The number of phenols is 1. The Morgan fingerprint density at radius 2 is 1.75 bits per heavy atom. The van der Waals surface area contributed by atoms with Crippen LogP contribution in [0.4, 0.5) is 13.2 Å². The van der Waals surface area contributed by atoms with Gasteiger partial charge in [-0.3, -0.25) is 4.79 Å². The molecule has 0 aromatic heterocycles. The Labute approximate surface area is 134 Å². The molecule has 0 spiro atoms. The van der Waals surface area contributed by atoms with E-state index < -0.39 is 40.5 Å². The van der Waals surface area contributed by atoms with Crippen molar-refractivity contribution in [2.45, 2.75) is 6.18 Å². The van der Waals surface area contributed by atoms with E-state index in [2.05, 4.69) is 4.74 Å². The van der Waals surface area contributed by atoms with Crippen molar-refractivity contribution in [3.8, 4) is 16.9 Å². The number of ether oxygens (including phenoxy) is 1. The zero-order chi connectivity index (χ0) is 18.1. The monoisotopic (exact) mass is 339 g/mol. The molecular weight excluding hydrogens is 327 g/mol. The Balaban J connectivity index is 2.98. The highest BCUT2D eigenvalue weighted by Crippen LogP contribution is 2.43. The molecule has 0 bridgehead atoms. The summed E-state index contributed by atoms with van der Waals surface area (Å²) in [6, 6.07) is 8.10. The lowest BCUT2D eigenvalue weighted by molar-refractivity contribution is -0.138. The van der Waals surface area contributed by atoms with Crippen LogP contribution < -0.4 is 5.73 Å². The first kappa shape index (κ1) is 17.3. The molecule has 2 rings (SSSR count). The van der Waals surface area contributed by atoms with Crippen LogP contribution in [-0.2, 0) is 10.9 Å². The quantitative estimate of drug-likeness (QED) is 0.841. The summed E-state index contributed by atoms with van der Waals surface area (Å²) in [5, 5.41) is 9.94. The fraction of sp³-hybridized carbons (Fsp3) is 0.125. The lowest BCUT2D eigenvalue weighted by Gasteiger charge is -2.18. The lowest BCUT2D eigenvalue weighted by Crippen LogP contribution is -2.19. The van der Waals surface area contributed by atoms with Crippen molar-refractivity contribution in [1.29, 1.82) is 0 Å². The molecule has 0 aliphatic rings. The summed E-state index contributed by atoms with van der Waals surface area (Å²) < 4.78 is 43.8. The number of benzene rings is 2. The van der Waals surface area contributed by atoms with Gasteiger partial charge in [-0.25, -0.2) is 4.79 Å². The number of carbonyl (C=O) groups is 2. The topological polar surface area (TPSA) is 89.6 Å². The van der Waals surface area contributed by atoms with Gasteiger partial charge in [-0.2, -0.15) is 13.2 Å². The Kier molecular flexibility index (Phi) is 4.50. The van der Waals surface area contributed by atoms with E-state index in [-0.39, 0.29) is 11.1 Å². The van der Waals surface area contributed by atoms with Crippen LogP contribution in [0, 0.1) is 0 Å². The number of amides is 1. The average molecular weight is 339 g/mol. The molecule has 0 heterocycles. The van der Waals surface area contributed by atoms with Crippen molar-refractivity contribution in [3.63, 3.8) is 0 Å². The van der Waals surface area contributed by atoms with Gasteiger partial charge in [-0.15, -0.1) is 0 Å². The number of alkyl halides is 3. The number of nitrogens with two attached hydrogens (primary N) is 1. The predicted molar refractivity (Wildman–Crippen MR) is 78.4 cm³/mol. The number of methoxy groups -OCH3 is 1. The molecule has 0 unspecified atom stereocenters. The zero-order valence-corrected chi connectivity index (χ0v) is 12.3. The van der Waals surface area contributed by atoms with Crippen LogP contribution in [0.5, 0.6) is 5.75 Å². The fourth-order valence-corrected chi connectivity index (χ4v) is 2.30. The van der Waals surface area contributed by atoms with E-state index >= 15 is 0 Å². The summed E-state index contributed by atoms with van der Waals surface area (Å²) in [6.07, 6.45) is -4.99. The van der Waals surface area contributed by atoms with Gasteiger partial charge in [0, 0.05) is 5.56 Å². The van der Waals surface area contributed by atoms with Crippen molar-refractivity contribution in [1.82, 2.24) is 0 Å². The summed E-state index contributed by atoms with van der Waals surface area (Å²) in [4.78, 5) is 23.7. The number of hydrogen-bond donors (Lipinski definition) is 2. The predicted octanol–water partition coefficient (Wildman–Crippen LogP) is 2.96. The van der Waals surface area contributed by atoms with E-state index in [1.165, 1.54) is 12.1 Å². The van der Waals surface area contributed by atoms with Gasteiger partial charge < -0.3 is 15.6 Å². The number of halogens is 3. The molecule has 24 heavy (non-hydrogen) atoms. The molecule has 0 atom stereocenters. The minimum atomic E-state index is -4.99. The van der Waals surface area contributed by atoms with E-state index in [0.29, 0.717) is 6.07 Å². The van der Waals surface area contributed by atoms with Crippen LogP contribution in [0.3, 0.4) is 0 Å². The van der Waals surface area contributed by atoms with Crippen LogP contribution in [0.2, 0.25) is 0 Å². The number of primary amides is 1.